The first-order chi connectivity index (χ1) is 15.5. The molecule has 0 saturated heterocycles. The fourth-order valence-corrected chi connectivity index (χ4v) is 4.50. The van der Waals surface area contributed by atoms with E-state index < -0.39 is 10.4 Å². The molecule has 6 heteroatoms. The molecule has 0 N–H and O–H groups in total. The molecule has 0 radical (unpaired) electrons. The molecule has 0 aromatic heterocycles. The number of unbranched alkanes of at least 4 members (excludes halogenated alkanes) is 18. The van der Waals surface area contributed by atoms with Crippen molar-refractivity contribution in [2.24, 2.45) is 5.92 Å². The van der Waals surface area contributed by atoms with Gasteiger partial charge in [0.25, 0.3) is 0 Å². The van der Waals surface area contributed by atoms with Gasteiger partial charge >= 0.3 is 29.6 Å². The van der Waals surface area contributed by atoms with Crippen molar-refractivity contribution in [3.05, 3.63) is 12.2 Å². The first-order valence-electron chi connectivity index (χ1n) is 13.8. The van der Waals surface area contributed by atoms with Crippen LogP contribution in [0.2, 0.25) is 0 Å². The van der Waals surface area contributed by atoms with Crippen LogP contribution in [0.3, 0.4) is 0 Å². The standard InChI is InChI=1S/C27H54O4S.Na/c1-3-5-7-9-11-12-13-14-15-16-17-19-21-23-25-27(26-31-32(28,29)30)24-22-20-18-10-8-6-4-2;/h22,24,27H,3-21,23,25-26H2,1-2H3,(H,28,29,30);/q;+1/p-1/b24-22+;. The van der Waals surface area contributed by atoms with Crippen LogP contribution in [0.25, 0.3) is 0 Å². The fraction of sp³-hybridized carbons (Fsp3) is 0.926. The Morgan fingerprint density at radius 3 is 1.48 bits per heavy atom. The van der Waals surface area contributed by atoms with Crippen LogP contribution in [0.4, 0.5) is 0 Å². The second-order valence-corrected chi connectivity index (χ2v) is 10.5. The predicted molar refractivity (Wildman–Crippen MR) is 137 cm³/mol. The van der Waals surface area contributed by atoms with E-state index >= 15 is 0 Å². The summed E-state index contributed by atoms with van der Waals surface area (Å²) in [5.41, 5.74) is 0. The van der Waals surface area contributed by atoms with Crippen molar-refractivity contribution in [1.29, 1.82) is 0 Å². The third-order valence-corrected chi connectivity index (χ3v) is 6.66. The molecule has 0 aliphatic heterocycles. The van der Waals surface area contributed by atoms with E-state index in [0.717, 1.165) is 19.3 Å². The third kappa shape index (κ3) is 30.6. The van der Waals surface area contributed by atoms with E-state index in [9.17, 15) is 13.0 Å². The van der Waals surface area contributed by atoms with Gasteiger partial charge in [0.05, 0.1) is 6.61 Å². The Kier molecular flexibility index (Phi) is 29.5. The molecule has 4 nitrogen and oxygen atoms in total. The molecule has 0 amide bonds. The number of allylic oxidation sites excluding steroid dienone is 1. The molecule has 33 heavy (non-hydrogen) atoms. The second-order valence-electron chi connectivity index (χ2n) is 9.47. The average molecular weight is 497 g/mol. The van der Waals surface area contributed by atoms with E-state index in [2.05, 4.69) is 30.2 Å². The predicted octanol–water partition coefficient (Wildman–Crippen LogP) is 5.87. The Labute approximate surface area is 229 Å². The van der Waals surface area contributed by atoms with Crippen molar-refractivity contribution in [3.63, 3.8) is 0 Å². The maximum absolute atomic E-state index is 10.8. The zero-order valence-electron chi connectivity index (χ0n) is 22.3. The molecule has 0 aliphatic rings. The van der Waals surface area contributed by atoms with Crippen molar-refractivity contribution < 1.29 is 46.7 Å². The van der Waals surface area contributed by atoms with Crippen molar-refractivity contribution in [1.82, 2.24) is 0 Å². The summed E-state index contributed by atoms with van der Waals surface area (Å²) in [4.78, 5) is 0. The molecule has 0 heterocycles. The van der Waals surface area contributed by atoms with Crippen LogP contribution >= 0.6 is 0 Å². The SMILES string of the molecule is CCCCCCC/C=C/C(CCCCCCCCCCCCCCCC)COS(=O)(=O)[O-].[Na+]. The van der Waals surface area contributed by atoms with Crippen LogP contribution in [0, 0.1) is 5.92 Å². The molecule has 0 rings (SSSR count). The molecule has 192 valence electrons. The molecule has 0 fully saturated rings. The summed E-state index contributed by atoms with van der Waals surface area (Å²) in [6.07, 6.45) is 30.9. The largest absolute Gasteiger partial charge is 1.00 e. The zero-order valence-corrected chi connectivity index (χ0v) is 25.1. The average Bonchev–Trinajstić information content (AvgIpc) is 2.75. The molecule has 0 aliphatic carbocycles. The van der Waals surface area contributed by atoms with Gasteiger partial charge in [-0.15, -0.1) is 0 Å². The molecule has 0 aromatic carbocycles. The summed E-state index contributed by atoms with van der Waals surface area (Å²) in [6, 6.07) is 0. The summed E-state index contributed by atoms with van der Waals surface area (Å²) in [5.74, 6) is 0.0201. The van der Waals surface area contributed by atoms with E-state index in [1.807, 2.05) is 0 Å². The second kappa shape index (κ2) is 27.2. The Hall–Kier alpha value is 0.610. The summed E-state index contributed by atoms with van der Waals surface area (Å²) >= 11 is 0. The minimum absolute atomic E-state index is 0. The van der Waals surface area contributed by atoms with Gasteiger partial charge in [-0.3, -0.25) is 4.18 Å². The number of rotatable bonds is 25. The van der Waals surface area contributed by atoms with Crippen LogP contribution < -0.4 is 29.6 Å². The van der Waals surface area contributed by atoms with Crippen LogP contribution in [-0.4, -0.2) is 19.6 Å². The van der Waals surface area contributed by atoms with Crippen LogP contribution in [0.5, 0.6) is 0 Å². The Bertz CT molecular complexity index is 508. The first-order valence-corrected chi connectivity index (χ1v) is 15.1. The third-order valence-electron chi connectivity index (χ3n) is 6.24. The number of hydrogen-bond donors (Lipinski definition) is 0. The Morgan fingerprint density at radius 1 is 0.667 bits per heavy atom. The first kappa shape index (κ1) is 35.8. The van der Waals surface area contributed by atoms with Crippen LogP contribution in [-0.2, 0) is 14.6 Å². The van der Waals surface area contributed by atoms with Gasteiger partial charge < -0.3 is 4.55 Å². The zero-order chi connectivity index (χ0) is 23.8. The summed E-state index contributed by atoms with van der Waals surface area (Å²) in [7, 11) is -4.61. The van der Waals surface area contributed by atoms with E-state index in [-0.39, 0.29) is 42.1 Å². The summed E-state index contributed by atoms with van der Waals surface area (Å²) in [6.45, 7) is 4.46. The maximum Gasteiger partial charge on any atom is 1.00 e. The molecular weight excluding hydrogens is 443 g/mol. The van der Waals surface area contributed by atoms with Crippen molar-refractivity contribution in [2.75, 3.05) is 6.61 Å². The molecule has 1 unspecified atom stereocenters. The Balaban J connectivity index is 0. The van der Waals surface area contributed by atoms with Crippen molar-refractivity contribution in [3.8, 4) is 0 Å². The van der Waals surface area contributed by atoms with Gasteiger partial charge in [0.1, 0.15) is 0 Å². The van der Waals surface area contributed by atoms with Gasteiger partial charge in [0, 0.05) is 5.92 Å². The molecule has 0 spiro atoms. The van der Waals surface area contributed by atoms with Gasteiger partial charge in [-0.2, -0.15) is 0 Å². The van der Waals surface area contributed by atoms with E-state index in [4.69, 9.17) is 0 Å². The number of hydrogen-bond acceptors (Lipinski definition) is 4. The monoisotopic (exact) mass is 496 g/mol. The van der Waals surface area contributed by atoms with E-state index in [1.54, 1.807) is 0 Å². The topological polar surface area (TPSA) is 66.4 Å². The molecule has 0 aromatic rings. The summed E-state index contributed by atoms with van der Waals surface area (Å²) in [5, 5.41) is 0. The Morgan fingerprint density at radius 2 is 1.06 bits per heavy atom. The minimum Gasteiger partial charge on any atom is -0.726 e. The molecule has 0 bridgehead atoms. The van der Waals surface area contributed by atoms with Gasteiger partial charge in [-0.05, 0) is 19.3 Å². The molecular formula is C27H53NaO4S. The fourth-order valence-electron chi connectivity index (χ4n) is 4.16. The van der Waals surface area contributed by atoms with Crippen molar-refractivity contribution >= 4 is 10.4 Å². The van der Waals surface area contributed by atoms with Gasteiger partial charge in [-0.1, -0.05) is 142 Å². The summed E-state index contributed by atoms with van der Waals surface area (Å²) < 4.78 is 37.0. The van der Waals surface area contributed by atoms with Crippen molar-refractivity contribution in [2.45, 2.75) is 149 Å². The molecule has 1 atom stereocenters. The normalized spacial score (nSPS) is 12.8. The van der Waals surface area contributed by atoms with Gasteiger partial charge in [-0.25, -0.2) is 8.42 Å². The maximum atomic E-state index is 10.8. The van der Waals surface area contributed by atoms with Crippen LogP contribution in [0.1, 0.15) is 149 Å². The van der Waals surface area contributed by atoms with Crippen LogP contribution in [0.15, 0.2) is 12.2 Å². The van der Waals surface area contributed by atoms with Gasteiger partial charge in [0.2, 0.25) is 10.4 Å². The molecule has 0 saturated carbocycles. The van der Waals surface area contributed by atoms with Gasteiger partial charge in [0.15, 0.2) is 0 Å². The minimum atomic E-state index is -4.61. The quantitative estimate of drug-likeness (QED) is 0.0521. The smallest absolute Gasteiger partial charge is 0.726 e. The van der Waals surface area contributed by atoms with E-state index in [0.29, 0.717) is 0 Å². The van der Waals surface area contributed by atoms with E-state index in [1.165, 1.54) is 116 Å².